The van der Waals surface area contributed by atoms with E-state index in [9.17, 15) is 4.39 Å². The van der Waals surface area contributed by atoms with Gasteiger partial charge in [-0.05, 0) is 6.08 Å². The third-order valence-corrected chi connectivity index (χ3v) is 0.834. The molecule has 0 aliphatic rings. The summed E-state index contributed by atoms with van der Waals surface area (Å²) in [6, 6.07) is 0. The topological polar surface area (TPSA) is 20.2 Å². The zero-order valence-electron chi connectivity index (χ0n) is 5.34. The Balaban J connectivity index is 3.98. The van der Waals surface area contributed by atoms with E-state index in [1.165, 1.54) is 0 Å². The highest BCUT2D eigenvalue weighted by molar-refractivity contribution is 5.14. The molecule has 52 valence electrons. The van der Waals surface area contributed by atoms with Crippen molar-refractivity contribution in [3.63, 3.8) is 0 Å². The molecule has 1 N–H and O–H groups in total. The van der Waals surface area contributed by atoms with E-state index in [4.69, 9.17) is 18.0 Å². The number of terminal acetylenes is 2. The molecule has 0 spiro atoms. The van der Waals surface area contributed by atoms with Crippen LogP contribution in [0.1, 0.15) is 6.42 Å². The molecular weight excluding hydrogens is 131 g/mol. The van der Waals surface area contributed by atoms with Gasteiger partial charge < -0.3 is 5.11 Å². The largest absolute Gasteiger partial charge is 0.374 e. The first-order valence-corrected chi connectivity index (χ1v) is 2.65. The summed E-state index contributed by atoms with van der Waals surface area (Å²) in [5, 5.41) is 8.61. The molecule has 0 heterocycles. The Morgan fingerprint density at radius 3 is 2.70 bits per heavy atom. The van der Waals surface area contributed by atoms with Crippen LogP contribution >= 0.6 is 0 Å². The highest BCUT2D eigenvalue weighted by Crippen LogP contribution is 2.03. The standard InChI is InChI=1S/C8H7FO/c1-3-5-6-7(9)8(10)4-2/h1-2,6,8,10H,5H2/b7-6-. The first-order chi connectivity index (χ1) is 4.72. The maximum atomic E-state index is 12.4. The van der Waals surface area contributed by atoms with Crippen LogP contribution < -0.4 is 0 Å². The van der Waals surface area contributed by atoms with Crippen molar-refractivity contribution in [3.8, 4) is 24.7 Å². The number of allylic oxidation sites excluding steroid dienone is 1. The van der Waals surface area contributed by atoms with Gasteiger partial charge in [0.2, 0.25) is 0 Å². The van der Waals surface area contributed by atoms with Gasteiger partial charge in [-0.25, -0.2) is 4.39 Å². The summed E-state index contributed by atoms with van der Waals surface area (Å²) in [5.41, 5.74) is 0. The van der Waals surface area contributed by atoms with Gasteiger partial charge in [-0.15, -0.1) is 18.8 Å². The van der Waals surface area contributed by atoms with Crippen molar-refractivity contribution in [1.29, 1.82) is 0 Å². The molecule has 0 saturated carbocycles. The van der Waals surface area contributed by atoms with Crippen molar-refractivity contribution in [2.75, 3.05) is 0 Å². The Kier molecular flexibility index (Phi) is 4.04. The normalized spacial score (nSPS) is 13.4. The summed E-state index contributed by atoms with van der Waals surface area (Å²) in [7, 11) is 0. The van der Waals surface area contributed by atoms with Crippen molar-refractivity contribution in [2.45, 2.75) is 12.5 Å². The summed E-state index contributed by atoms with van der Waals surface area (Å²) in [4.78, 5) is 0. The van der Waals surface area contributed by atoms with Gasteiger partial charge in [0.15, 0.2) is 6.10 Å². The molecule has 0 aliphatic carbocycles. The maximum absolute atomic E-state index is 12.4. The van der Waals surface area contributed by atoms with E-state index in [-0.39, 0.29) is 6.42 Å². The van der Waals surface area contributed by atoms with Gasteiger partial charge in [-0.1, -0.05) is 5.92 Å². The zero-order valence-corrected chi connectivity index (χ0v) is 5.34. The number of aliphatic hydroxyl groups is 1. The average Bonchev–Trinajstić information content (AvgIpc) is 1.98. The predicted octanol–water partition coefficient (Wildman–Crippen LogP) is 0.857. The Hall–Kier alpha value is -1.25. The Morgan fingerprint density at radius 2 is 2.30 bits per heavy atom. The third-order valence-electron chi connectivity index (χ3n) is 0.834. The van der Waals surface area contributed by atoms with E-state index >= 15 is 0 Å². The van der Waals surface area contributed by atoms with E-state index < -0.39 is 11.9 Å². The van der Waals surface area contributed by atoms with Gasteiger partial charge in [0.25, 0.3) is 0 Å². The van der Waals surface area contributed by atoms with Crippen LogP contribution in [0.15, 0.2) is 11.9 Å². The van der Waals surface area contributed by atoms with Crippen LogP contribution in [0.3, 0.4) is 0 Å². The maximum Gasteiger partial charge on any atom is 0.165 e. The average molecular weight is 138 g/mol. The smallest absolute Gasteiger partial charge is 0.165 e. The van der Waals surface area contributed by atoms with Crippen molar-refractivity contribution in [2.24, 2.45) is 0 Å². The molecule has 1 unspecified atom stereocenters. The molecule has 2 heteroatoms. The molecule has 1 atom stereocenters. The molecule has 1 nitrogen and oxygen atoms in total. The second kappa shape index (κ2) is 4.61. The van der Waals surface area contributed by atoms with Gasteiger partial charge >= 0.3 is 0 Å². The monoisotopic (exact) mass is 138 g/mol. The summed E-state index contributed by atoms with van der Waals surface area (Å²) in [6.07, 6.45) is 9.30. The molecular formula is C8H7FO. The number of rotatable bonds is 2. The molecule has 0 fully saturated rings. The molecule has 0 saturated heterocycles. The summed E-state index contributed by atoms with van der Waals surface area (Å²) in [6.45, 7) is 0. The Labute approximate surface area is 59.6 Å². The van der Waals surface area contributed by atoms with Crippen molar-refractivity contribution < 1.29 is 9.50 Å². The van der Waals surface area contributed by atoms with E-state index in [1.807, 2.05) is 5.92 Å². The van der Waals surface area contributed by atoms with Gasteiger partial charge in [-0.3, -0.25) is 0 Å². The van der Waals surface area contributed by atoms with Crippen molar-refractivity contribution in [3.05, 3.63) is 11.9 Å². The molecule has 0 radical (unpaired) electrons. The molecule has 0 aromatic rings. The van der Waals surface area contributed by atoms with Crippen LogP contribution in [0.25, 0.3) is 0 Å². The van der Waals surface area contributed by atoms with E-state index in [0.717, 1.165) is 6.08 Å². The Bertz CT molecular complexity index is 204. The summed E-state index contributed by atoms with van der Waals surface area (Å²) < 4.78 is 12.4. The van der Waals surface area contributed by atoms with Gasteiger partial charge in [0, 0.05) is 6.42 Å². The quantitative estimate of drug-likeness (QED) is 0.561. The van der Waals surface area contributed by atoms with Gasteiger partial charge in [-0.2, -0.15) is 0 Å². The minimum atomic E-state index is -1.45. The molecule has 0 aromatic heterocycles. The second-order valence-corrected chi connectivity index (χ2v) is 1.57. The lowest BCUT2D eigenvalue weighted by Crippen LogP contribution is -2.02. The zero-order chi connectivity index (χ0) is 7.98. The number of halogens is 1. The fourth-order valence-electron chi connectivity index (χ4n) is 0.348. The van der Waals surface area contributed by atoms with Crippen LogP contribution in [0.2, 0.25) is 0 Å². The van der Waals surface area contributed by atoms with Crippen molar-refractivity contribution in [1.82, 2.24) is 0 Å². The highest BCUT2D eigenvalue weighted by Gasteiger charge is 2.03. The van der Waals surface area contributed by atoms with Crippen LogP contribution in [0.5, 0.6) is 0 Å². The van der Waals surface area contributed by atoms with Gasteiger partial charge in [0.1, 0.15) is 5.83 Å². The lowest BCUT2D eigenvalue weighted by atomic mass is 10.3. The lowest BCUT2D eigenvalue weighted by Gasteiger charge is -1.96. The number of hydrogen-bond acceptors (Lipinski definition) is 1. The van der Waals surface area contributed by atoms with Gasteiger partial charge in [0.05, 0.1) is 0 Å². The number of hydrogen-bond donors (Lipinski definition) is 1. The summed E-state index contributed by atoms with van der Waals surface area (Å²) in [5.74, 6) is 3.24. The highest BCUT2D eigenvalue weighted by atomic mass is 19.1. The molecule has 0 rings (SSSR count). The molecule has 0 bridgehead atoms. The molecule has 0 aromatic carbocycles. The first kappa shape index (κ1) is 8.75. The van der Waals surface area contributed by atoms with Crippen LogP contribution in [0, 0.1) is 24.7 Å². The number of aliphatic hydroxyl groups excluding tert-OH is 1. The summed E-state index contributed by atoms with van der Waals surface area (Å²) >= 11 is 0. The minimum absolute atomic E-state index is 0.143. The van der Waals surface area contributed by atoms with E-state index in [0.29, 0.717) is 0 Å². The fraction of sp³-hybridized carbons (Fsp3) is 0.250. The fourth-order valence-corrected chi connectivity index (χ4v) is 0.348. The lowest BCUT2D eigenvalue weighted by molar-refractivity contribution is 0.236. The van der Waals surface area contributed by atoms with Crippen LogP contribution in [-0.2, 0) is 0 Å². The van der Waals surface area contributed by atoms with E-state index in [2.05, 4.69) is 5.92 Å². The SMILES string of the molecule is C#CC/C=C(\F)C(O)C#C. The predicted molar refractivity (Wildman–Crippen MR) is 37.5 cm³/mol. The van der Waals surface area contributed by atoms with E-state index in [1.54, 1.807) is 0 Å². The van der Waals surface area contributed by atoms with Crippen LogP contribution in [-0.4, -0.2) is 11.2 Å². The molecule has 10 heavy (non-hydrogen) atoms. The Morgan fingerprint density at radius 1 is 1.70 bits per heavy atom. The molecule has 0 aliphatic heterocycles. The third kappa shape index (κ3) is 2.91. The first-order valence-electron chi connectivity index (χ1n) is 2.65. The minimum Gasteiger partial charge on any atom is -0.374 e. The second-order valence-electron chi connectivity index (χ2n) is 1.57. The molecule has 0 amide bonds. The van der Waals surface area contributed by atoms with Crippen LogP contribution in [0.4, 0.5) is 4.39 Å². The van der Waals surface area contributed by atoms with Crippen molar-refractivity contribution >= 4 is 0 Å².